The molecule has 1 N–H and O–H groups in total. The lowest BCUT2D eigenvalue weighted by atomic mass is 10.4. The monoisotopic (exact) mass is 124 g/mol. The van der Waals surface area contributed by atoms with E-state index in [9.17, 15) is 0 Å². The van der Waals surface area contributed by atoms with Crippen molar-refractivity contribution in [3.8, 4) is 0 Å². The summed E-state index contributed by atoms with van der Waals surface area (Å²) < 4.78 is 0. The molecule has 0 radical (unpaired) electrons. The Bertz CT molecular complexity index is 154. The lowest BCUT2D eigenvalue weighted by Crippen LogP contribution is -1.89. The van der Waals surface area contributed by atoms with Gasteiger partial charge in [-0.1, -0.05) is 6.08 Å². The number of hydrogen-bond donors (Lipinski definition) is 1. The first kappa shape index (κ1) is 8.08. The molecule has 0 aromatic rings. The Balaban J connectivity index is 4.11. The molecule has 0 rings (SSSR count). The van der Waals surface area contributed by atoms with Crippen molar-refractivity contribution in [2.24, 2.45) is 4.99 Å². The lowest BCUT2D eigenvalue weighted by molar-refractivity contribution is 1.28. The molecule has 0 fully saturated rings. The van der Waals surface area contributed by atoms with E-state index in [0.717, 1.165) is 11.4 Å². The van der Waals surface area contributed by atoms with E-state index in [-0.39, 0.29) is 0 Å². The first-order chi connectivity index (χ1) is 4.20. The summed E-state index contributed by atoms with van der Waals surface area (Å²) in [6.45, 7) is 5.64. The van der Waals surface area contributed by atoms with Crippen molar-refractivity contribution >= 4 is 11.9 Å². The maximum absolute atomic E-state index is 6.79. The molecule has 0 aromatic carbocycles. The lowest BCUT2D eigenvalue weighted by Gasteiger charge is -1.89. The van der Waals surface area contributed by atoms with Gasteiger partial charge in [-0.2, -0.15) is 0 Å². The van der Waals surface area contributed by atoms with Crippen LogP contribution in [0, 0.1) is 5.41 Å². The summed E-state index contributed by atoms with van der Waals surface area (Å²) in [5, 5.41) is 6.79. The molecule has 0 amide bonds. The summed E-state index contributed by atoms with van der Waals surface area (Å²) in [5.74, 6) is 0. The van der Waals surface area contributed by atoms with Crippen LogP contribution in [0.15, 0.2) is 16.8 Å². The zero-order valence-electron chi connectivity index (χ0n) is 6.10. The summed E-state index contributed by atoms with van der Waals surface area (Å²) in [6.07, 6.45) is 3.15. The van der Waals surface area contributed by atoms with Crippen LogP contribution in [0.1, 0.15) is 20.8 Å². The third kappa shape index (κ3) is 3.64. The van der Waals surface area contributed by atoms with E-state index in [4.69, 9.17) is 5.41 Å². The smallest absolute Gasteiger partial charge is 0.0551 e. The predicted octanol–water partition coefficient (Wildman–Crippen LogP) is 2.02. The van der Waals surface area contributed by atoms with Crippen molar-refractivity contribution in [1.82, 2.24) is 0 Å². The Hall–Kier alpha value is -0.920. The van der Waals surface area contributed by atoms with Gasteiger partial charge in [0.25, 0.3) is 0 Å². The Morgan fingerprint density at radius 2 is 2.00 bits per heavy atom. The van der Waals surface area contributed by atoms with Crippen LogP contribution in [0.2, 0.25) is 0 Å². The SMILES string of the molecule is C/C=C(/C)N=C(C)C=N. The molecule has 0 aromatic heterocycles. The fourth-order valence-corrected chi connectivity index (χ4v) is 0.375. The van der Waals surface area contributed by atoms with Gasteiger partial charge < -0.3 is 5.41 Å². The highest BCUT2D eigenvalue weighted by Gasteiger charge is 1.81. The van der Waals surface area contributed by atoms with E-state index >= 15 is 0 Å². The van der Waals surface area contributed by atoms with Crippen molar-refractivity contribution in [3.05, 3.63) is 11.8 Å². The highest BCUT2D eigenvalue weighted by atomic mass is 14.7. The molecule has 0 spiro atoms. The Kier molecular flexibility index (Phi) is 3.60. The quantitative estimate of drug-likeness (QED) is 0.547. The summed E-state index contributed by atoms with van der Waals surface area (Å²) in [4.78, 5) is 4.05. The maximum atomic E-state index is 6.79. The van der Waals surface area contributed by atoms with E-state index in [0.29, 0.717) is 0 Å². The van der Waals surface area contributed by atoms with Gasteiger partial charge in [0.05, 0.1) is 5.71 Å². The molecule has 0 bridgehead atoms. The predicted molar refractivity (Wildman–Crippen MR) is 41.3 cm³/mol. The fourth-order valence-electron chi connectivity index (χ4n) is 0.375. The molecular formula is C7H12N2. The highest BCUT2D eigenvalue weighted by molar-refractivity contribution is 6.28. The molecule has 0 atom stereocenters. The maximum Gasteiger partial charge on any atom is 0.0551 e. The molecule has 2 nitrogen and oxygen atoms in total. The number of aliphatic imine (C=N–C) groups is 1. The summed E-state index contributed by atoms with van der Waals surface area (Å²) in [5.41, 5.74) is 1.70. The molecule has 0 aliphatic carbocycles. The van der Waals surface area contributed by atoms with Crippen LogP contribution in [0.25, 0.3) is 0 Å². The van der Waals surface area contributed by atoms with Crippen molar-refractivity contribution in [3.63, 3.8) is 0 Å². The van der Waals surface area contributed by atoms with Crippen LogP contribution in [0.3, 0.4) is 0 Å². The second kappa shape index (κ2) is 4.01. The standard InChI is InChI=1S/C7H12N2/c1-4-6(2)9-7(3)5-8/h4-5,8H,1-3H3/b6-4-,8-5?,9-7?. The molecule has 0 aliphatic rings. The van der Waals surface area contributed by atoms with Gasteiger partial charge in [0.15, 0.2) is 0 Å². The van der Waals surface area contributed by atoms with Crippen LogP contribution in [0.5, 0.6) is 0 Å². The van der Waals surface area contributed by atoms with Gasteiger partial charge in [-0.05, 0) is 20.8 Å². The van der Waals surface area contributed by atoms with Gasteiger partial charge in [-0.3, -0.25) is 4.99 Å². The minimum atomic E-state index is 0.741. The average Bonchev–Trinajstić information content (AvgIpc) is 1.87. The summed E-state index contributed by atoms with van der Waals surface area (Å²) >= 11 is 0. The molecule has 0 saturated heterocycles. The molecule has 0 aliphatic heterocycles. The van der Waals surface area contributed by atoms with Gasteiger partial charge in [-0.25, -0.2) is 0 Å². The van der Waals surface area contributed by atoms with Gasteiger partial charge in [0.2, 0.25) is 0 Å². The highest BCUT2D eigenvalue weighted by Crippen LogP contribution is 1.92. The molecule has 9 heavy (non-hydrogen) atoms. The zero-order valence-corrected chi connectivity index (χ0v) is 6.10. The van der Waals surface area contributed by atoms with Gasteiger partial charge >= 0.3 is 0 Å². The normalized spacial score (nSPS) is 13.7. The topological polar surface area (TPSA) is 36.2 Å². The number of rotatable bonds is 2. The first-order valence-electron chi connectivity index (χ1n) is 2.89. The fraction of sp³-hybridized carbons (Fsp3) is 0.429. The average molecular weight is 124 g/mol. The minimum Gasteiger partial charge on any atom is -0.307 e. The van der Waals surface area contributed by atoms with Crippen LogP contribution < -0.4 is 0 Å². The second-order valence-corrected chi connectivity index (χ2v) is 1.83. The van der Waals surface area contributed by atoms with Gasteiger partial charge in [-0.15, -0.1) is 0 Å². The molecule has 2 heteroatoms. The third-order valence-electron chi connectivity index (χ3n) is 0.979. The van der Waals surface area contributed by atoms with Crippen molar-refractivity contribution in [2.75, 3.05) is 0 Å². The number of nitrogens with one attached hydrogen (secondary N) is 1. The van der Waals surface area contributed by atoms with Crippen LogP contribution in [-0.2, 0) is 0 Å². The van der Waals surface area contributed by atoms with Crippen molar-refractivity contribution < 1.29 is 0 Å². The molecule has 0 saturated carbocycles. The zero-order chi connectivity index (χ0) is 7.28. The summed E-state index contributed by atoms with van der Waals surface area (Å²) in [7, 11) is 0. The van der Waals surface area contributed by atoms with E-state index in [1.165, 1.54) is 6.21 Å². The van der Waals surface area contributed by atoms with E-state index in [2.05, 4.69) is 4.99 Å². The van der Waals surface area contributed by atoms with E-state index < -0.39 is 0 Å². The first-order valence-corrected chi connectivity index (χ1v) is 2.89. The van der Waals surface area contributed by atoms with Gasteiger partial charge in [0, 0.05) is 11.9 Å². The number of nitrogens with zero attached hydrogens (tertiary/aromatic N) is 1. The minimum absolute atomic E-state index is 0.741. The largest absolute Gasteiger partial charge is 0.307 e. The van der Waals surface area contributed by atoms with Crippen molar-refractivity contribution in [1.29, 1.82) is 5.41 Å². The van der Waals surface area contributed by atoms with E-state index in [1.807, 2.05) is 19.9 Å². The van der Waals surface area contributed by atoms with E-state index in [1.54, 1.807) is 6.92 Å². The Morgan fingerprint density at radius 3 is 2.33 bits per heavy atom. The van der Waals surface area contributed by atoms with Crippen LogP contribution in [0.4, 0.5) is 0 Å². The van der Waals surface area contributed by atoms with Gasteiger partial charge in [0.1, 0.15) is 0 Å². The van der Waals surface area contributed by atoms with Crippen LogP contribution >= 0.6 is 0 Å². The van der Waals surface area contributed by atoms with Crippen molar-refractivity contribution in [2.45, 2.75) is 20.8 Å². The second-order valence-electron chi connectivity index (χ2n) is 1.83. The number of hydrogen-bond acceptors (Lipinski definition) is 2. The Morgan fingerprint density at radius 1 is 1.44 bits per heavy atom. The Labute approximate surface area is 55.8 Å². The molecular weight excluding hydrogens is 112 g/mol. The molecule has 0 heterocycles. The van der Waals surface area contributed by atoms with Crippen LogP contribution in [-0.4, -0.2) is 11.9 Å². The summed E-state index contributed by atoms with van der Waals surface area (Å²) in [6, 6.07) is 0. The number of allylic oxidation sites excluding steroid dienone is 2. The molecule has 0 unspecified atom stereocenters. The molecule has 50 valence electrons. The third-order valence-corrected chi connectivity index (χ3v) is 0.979.